The van der Waals surface area contributed by atoms with Crippen LogP contribution in [0.25, 0.3) is 10.9 Å². The molecule has 2 aliphatic rings. The summed E-state index contributed by atoms with van der Waals surface area (Å²) >= 11 is 6.58. The fourth-order valence-electron chi connectivity index (χ4n) is 4.78. The van der Waals surface area contributed by atoms with Gasteiger partial charge in [0.2, 0.25) is 5.91 Å². The van der Waals surface area contributed by atoms with Crippen LogP contribution in [-0.4, -0.2) is 67.3 Å². The van der Waals surface area contributed by atoms with Crippen molar-refractivity contribution in [3.8, 4) is 0 Å². The third-order valence-electron chi connectivity index (χ3n) is 7.08. The van der Waals surface area contributed by atoms with Gasteiger partial charge in [-0.15, -0.1) is 5.10 Å². The lowest BCUT2D eigenvalue weighted by Crippen LogP contribution is -2.56. The SMILES string of the molecule is CC(=O)N1CCN(c2nn(S(=O)(=O)c3ccc(S(=O)(=O)C(C)C)cc3)c3cccc(Cl)c23)C2(CC2)C1. The van der Waals surface area contributed by atoms with Gasteiger partial charge in [0.05, 0.1) is 36.5 Å². The fraction of sp³-hybridized carbons (Fsp3) is 0.417. The summed E-state index contributed by atoms with van der Waals surface area (Å²) in [5, 5.41) is 4.86. The maximum absolute atomic E-state index is 13.7. The van der Waals surface area contributed by atoms with Crippen molar-refractivity contribution in [1.29, 1.82) is 0 Å². The van der Waals surface area contributed by atoms with Crippen LogP contribution >= 0.6 is 11.6 Å². The van der Waals surface area contributed by atoms with Gasteiger partial charge in [-0.05, 0) is 63.1 Å². The number of hydrogen-bond donors (Lipinski definition) is 0. The minimum Gasteiger partial charge on any atom is -0.345 e. The van der Waals surface area contributed by atoms with Crippen molar-refractivity contribution in [2.75, 3.05) is 24.5 Å². The van der Waals surface area contributed by atoms with Gasteiger partial charge in [-0.3, -0.25) is 4.79 Å². The average molecular weight is 551 g/mol. The Labute approximate surface area is 215 Å². The molecule has 1 saturated carbocycles. The number of nitrogens with zero attached hydrogens (tertiary/aromatic N) is 4. The highest BCUT2D eigenvalue weighted by Gasteiger charge is 2.53. The molecule has 2 heterocycles. The average Bonchev–Trinajstić information content (AvgIpc) is 3.47. The van der Waals surface area contributed by atoms with Crippen LogP contribution in [0.1, 0.15) is 33.6 Å². The van der Waals surface area contributed by atoms with Crippen molar-refractivity contribution < 1.29 is 21.6 Å². The quantitative estimate of drug-likeness (QED) is 0.479. The first kappa shape index (κ1) is 25.0. The summed E-state index contributed by atoms with van der Waals surface area (Å²) in [4.78, 5) is 15.9. The summed E-state index contributed by atoms with van der Waals surface area (Å²) in [7, 11) is -7.70. The zero-order valence-electron chi connectivity index (χ0n) is 20.2. The van der Waals surface area contributed by atoms with Crippen LogP contribution < -0.4 is 4.90 Å². The number of hydrogen-bond acceptors (Lipinski definition) is 7. The molecular weight excluding hydrogens is 524 g/mol. The van der Waals surface area contributed by atoms with Gasteiger partial charge in [0.15, 0.2) is 15.7 Å². The summed E-state index contributed by atoms with van der Waals surface area (Å²) in [6.07, 6.45) is 1.74. The van der Waals surface area contributed by atoms with E-state index in [0.717, 1.165) is 16.9 Å². The predicted octanol–water partition coefficient (Wildman–Crippen LogP) is 3.31. The van der Waals surface area contributed by atoms with Crippen LogP contribution in [-0.2, 0) is 24.7 Å². The monoisotopic (exact) mass is 550 g/mol. The van der Waals surface area contributed by atoms with E-state index in [1.165, 1.54) is 24.3 Å². The topological polar surface area (TPSA) is 110 Å². The molecule has 0 unspecified atom stereocenters. The second-order valence-electron chi connectivity index (χ2n) is 9.69. The number of carbonyl (C=O) groups excluding carboxylic acids is 1. The molecule has 0 radical (unpaired) electrons. The van der Waals surface area contributed by atoms with Crippen LogP contribution in [0, 0.1) is 0 Å². The number of sulfone groups is 1. The fourth-order valence-corrected chi connectivity index (χ4v) is 7.37. The minimum atomic E-state index is -4.16. The third kappa shape index (κ3) is 3.88. The molecule has 2 aromatic carbocycles. The predicted molar refractivity (Wildman–Crippen MR) is 138 cm³/mol. The highest BCUT2D eigenvalue weighted by molar-refractivity contribution is 7.92. The number of benzene rings is 2. The van der Waals surface area contributed by atoms with Crippen molar-refractivity contribution in [3.05, 3.63) is 47.5 Å². The molecule has 0 bridgehead atoms. The Morgan fingerprint density at radius 3 is 2.22 bits per heavy atom. The maximum Gasteiger partial charge on any atom is 0.283 e. The first-order chi connectivity index (χ1) is 16.9. The standard InChI is InChI=1S/C24H27ClN4O5S2/c1-16(2)35(31,32)18-7-9-19(10-8-18)36(33,34)29-21-6-4-5-20(25)22(21)23(26-29)28-14-13-27(17(3)30)15-24(28)11-12-24/h4-10,16H,11-15H2,1-3H3. The maximum atomic E-state index is 13.7. The van der Waals surface area contributed by atoms with Gasteiger partial charge in [-0.25, -0.2) is 8.42 Å². The Morgan fingerprint density at radius 2 is 1.64 bits per heavy atom. The molecule has 1 saturated heterocycles. The molecule has 1 aliphatic carbocycles. The number of carbonyl (C=O) groups is 1. The van der Waals surface area contributed by atoms with E-state index in [0.29, 0.717) is 41.4 Å². The van der Waals surface area contributed by atoms with Crippen LogP contribution in [0.15, 0.2) is 52.3 Å². The van der Waals surface area contributed by atoms with E-state index < -0.39 is 25.1 Å². The summed E-state index contributed by atoms with van der Waals surface area (Å²) in [5.41, 5.74) is 0.0485. The number of aromatic nitrogens is 2. The molecule has 1 aromatic heterocycles. The van der Waals surface area contributed by atoms with E-state index >= 15 is 0 Å². The van der Waals surface area contributed by atoms with Gasteiger partial charge in [0, 0.05) is 26.6 Å². The van der Waals surface area contributed by atoms with Crippen molar-refractivity contribution >= 4 is 54.1 Å². The summed E-state index contributed by atoms with van der Waals surface area (Å²) in [6.45, 7) is 6.28. The van der Waals surface area contributed by atoms with Crippen molar-refractivity contribution in [2.45, 2.75) is 54.2 Å². The van der Waals surface area contributed by atoms with Gasteiger partial charge in [0.25, 0.3) is 10.0 Å². The zero-order valence-corrected chi connectivity index (χ0v) is 22.6. The van der Waals surface area contributed by atoms with Crippen molar-refractivity contribution in [1.82, 2.24) is 14.1 Å². The van der Waals surface area contributed by atoms with E-state index in [9.17, 15) is 21.6 Å². The largest absolute Gasteiger partial charge is 0.345 e. The van der Waals surface area contributed by atoms with Gasteiger partial charge in [0.1, 0.15) is 0 Å². The molecule has 36 heavy (non-hydrogen) atoms. The van der Waals surface area contributed by atoms with Gasteiger partial charge in [-0.1, -0.05) is 17.7 Å². The first-order valence-electron chi connectivity index (χ1n) is 11.7. The van der Waals surface area contributed by atoms with Crippen LogP contribution in [0.5, 0.6) is 0 Å². The molecule has 5 rings (SSSR count). The molecule has 2 fully saturated rings. The number of rotatable bonds is 5. The summed E-state index contributed by atoms with van der Waals surface area (Å²) in [6, 6.07) is 10.2. The van der Waals surface area contributed by atoms with Crippen LogP contribution in [0.2, 0.25) is 5.02 Å². The molecule has 192 valence electrons. The van der Waals surface area contributed by atoms with Crippen LogP contribution in [0.4, 0.5) is 5.82 Å². The van der Waals surface area contributed by atoms with Gasteiger partial charge in [-0.2, -0.15) is 12.5 Å². The molecule has 1 amide bonds. The Bertz CT molecular complexity index is 1580. The smallest absolute Gasteiger partial charge is 0.283 e. The Morgan fingerprint density at radius 1 is 1.00 bits per heavy atom. The molecular formula is C24H27ClN4O5S2. The van der Waals surface area contributed by atoms with Crippen molar-refractivity contribution in [2.24, 2.45) is 0 Å². The molecule has 0 atom stereocenters. The molecule has 1 aliphatic heterocycles. The normalized spacial score (nSPS) is 17.8. The highest BCUT2D eigenvalue weighted by Crippen LogP contribution is 2.48. The molecule has 3 aromatic rings. The second kappa shape index (κ2) is 8.46. The van der Waals surface area contributed by atoms with E-state index in [1.54, 1.807) is 39.0 Å². The first-order valence-corrected chi connectivity index (χ1v) is 15.0. The third-order valence-corrected chi connectivity index (χ3v) is 11.2. The Kier molecular flexibility index (Phi) is 5.88. The summed E-state index contributed by atoms with van der Waals surface area (Å²) < 4.78 is 53.3. The number of piperazine rings is 1. The van der Waals surface area contributed by atoms with Gasteiger partial charge < -0.3 is 9.80 Å². The Balaban J connectivity index is 1.61. The van der Waals surface area contributed by atoms with Crippen LogP contribution in [0.3, 0.4) is 0 Å². The lowest BCUT2D eigenvalue weighted by atomic mass is 10.1. The van der Waals surface area contributed by atoms with E-state index in [-0.39, 0.29) is 21.2 Å². The van der Waals surface area contributed by atoms with Crippen molar-refractivity contribution in [3.63, 3.8) is 0 Å². The zero-order chi connectivity index (χ0) is 26.0. The van der Waals surface area contributed by atoms with Gasteiger partial charge >= 0.3 is 0 Å². The summed E-state index contributed by atoms with van der Waals surface area (Å²) in [5.74, 6) is 0.485. The number of fused-ring (bicyclic) bond motifs is 1. The minimum absolute atomic E-state index is 0.0138. The van der Waals surface area contributed by atoms with E-state index in [2.05, 4.69) is 10.00 Å². The van der Waals surface area contributed by atoms with E-state index in [1.807, 2.05) is 4.90 Å². The lowest BCUT2D eigenvalue weighted by molar-refractivity contribution is -0.129. The Hall–Kier alpha value is -2.63. The van der Waals surface area contributed by atoms with E-state index in [4.69, 9.17) is 11.6 Å². The lowest BCUT2D eigenvalue weighted by Gasteiger charge is -2.42. The second-order valence-corrected chi connectivity index (χ2v) is 14.4. The molecule has 1 spiro atoms. The molecule has 9 nitrogen and oxygen atoms in total. The highest BCUT2D eigenvalue weighted by atomic mass is 35.5. The number of amides is 1. The molecule has 12 heteroatoms. The molecule has 0 N–H and O–H groups in total. The number of anilines is 1. The number of halogens is 1.